The van der Waals surface area contributed by atoms with Crippen molar-refractivity contribution in [2.45, 2.75) is 75.4 Å². The summed E-state index contributed by atoms with van der Waals surface area (Å²) in [7, 11) is 0. The van der Waals surface area contributed by atoms with Gasteiger partial charge in [0.15, 0.2) is 0 Å². The van der Waals surface area contributed by atoms with Gasteiger partial charge in [0, 0.05) is 0 Å². The second kappa shape index (κ2) is 3.71. The number of nitrogens with two attached hydrogens (primary N) is 1. The van der Waals surface area contributed by atoms with Gasteiger partial charge in [0.25, 0.3) is 0 Å². The number of fused-ring (bicyclic) bond motifs is 4. The first kappa shape index (κ1) is 11.7. The summed E-state index contributed by atoms with van der Waals surface area (Å²) in [5, 5.41) is 0. The average Bonchev–Trinajstić information content (AvgIpc) is 2.44. The molecule has 0 radical (unpaired) electrons. The van der Waals surface area contributed by atoms with E-state index < -0.39 is 11.2 Å². The minimum Gasteiger partial charge on any atom is -0.322 e. The lowest BCUT2D eigenvalue weighted by atomic mass is 9.32. The summed E-state index contributed by atoms with van der Waals surface area (Å²) in [6.07, 6.45) is 12.4. The molecule has 2 N–H and O–H groups in total. The SMILES string of the molecule is NC12C(C3CCCCC3)CC1(F)C1CCCCC12. The molecule has 0 bridgehead atoms. The molecular formula is C16H26FN. The Hall–Kier alpha value is -0.110. The van der Waals surface area contributed by atoms with Gasteiger partial charge in [-0.15, -0.1) is 0 Å². The summed E-state index contributed by atoms with van der Waals surface area (Å²) in [6, 6.07) is 0. The molecule has 2 heteroatoms. The Bertz CT molecular complexity index is 351. The van der Waals surface area contributed by atoms with Crippen molar-refractivity contribution < 1.29 is 4.39 Å². The third-order valence-electron chi connectivity index (χ3n) is 7.04. The fourth-order valence-electron chi connectivity index (χ4n) is 6.15. The topological polar surface area (TPSA) is 26.0 Å². The van der Waals surface area contributed by atoms with Crippen LogP contribution in [0.2, 0.25) is 0 Å². The minimum atomic E-state index is -0.958. The molecule has 0 aromatic heterocycles. The van der Waals surface area contributed by atoms with Gasteiger partial charge in [0.1, 0.15) is 5.67 Å². The molecular weight excluding hydrogens is 225 g/mol. The molecule has 0 aromatic rings. The van der Waals surface area contributed by atoms with E-state index in [2.05, 4.69) is 0 Å². The summed E-state index contributed by atoms with van der Waals surface area (Å²) in [6.45, 7) is 0. The highest BCUT2D eigenvalue weighted by Crippen LogP contribution is 2.73. The van der Waals surface area contributed by atoms with Crippen LogP contribution >= 0.6 is 0 Å². The maximum absolute atomic E-state index is 15.1. The van der Waals surface area contributed by atoms with Gasteiger partial charge in [-0.05, 0) is 42.9 Å². The molecule has 5 unspecified atom stereocenters. The molecule has 18 heavy (non-hydrogen) atoms. The Morgan fingerprint density at radius 2 is 1.39 bits per heavy atom. The summed E-state index contributed by atoms with van der Waals surface area (Å²) in [5.74, 6) is 2.12. The molecule has 4 fully saturated rings. The average molecular weight is 251 g/mol. The molecule has 1 nitrogen and oxygen atoms in total. The van der Waals surface area contributed by atoms with Crippen LogP contribution in [0.4, 0.5) is 4.39 Å². The zero-order valence-corrected chi connectivity index (χ0v) is 11.3. The van der Waals surface area contributed by atoms with E-state index in [0.717, 1.165) is 18.8 Å². The standard InChI is InChI=1S/C16H26FN/c17-15-10-14(11-6-2-1-3-7-11)16(15,18)13-9-5-4-8-12(13)15/h11-14H,1-10,18H2. The van der Waals surface area contributed by atoms with Crippen LogP contribution in [-0.4, -0.2) is 11.2 Å². The van der Waals surface area contributed by atoms with E-state index in [0.29, 0.717) is 17.8 Å². The Balaban J connectivity index is 1.55. The Morgan fingerprint density at radius 3 is 2.11 bits per heavy atom. The van der Waals surface area contributed by atoms with Crippen LogP contribution in [0.5, 0.6) is 0 Å². The van der Waals surface area contributed by atoms with E-state index in [9.17, 15) is 0 Å². The highest BCUT2D eigenvalue weighted by atomic mass is 19.1. The van der Waals surface area contributed by atoms with Gasteiger partial charge >= 0.3 is 0 Å². The summed E-state index contributed by atoms with van der Waals surface area (Å²) in [5.41, 5.74) is 5.28. The zero-order chi connectivity index (χ0) is 12.4. The van der Waals surface area contributed by atoms with Crippen LogP contribution in [0.1, 0.15) is 64.2 Å². The van der Waals surface area contributed by atoms with Crippen molar-refractivity contribution >= 4 is 0 Å². The normalized spacial score (nSPS) is 56.0. The van der Waals surface area contributed by atoms with Gasteiger partial charge in [-0.2, -0.15) is 0 Å². The maximum Gasteiger partial charge on any atom is 0.132 e. The van der Waals surface area contributed by atoms with E-state index in [4.69, 9.17) is 5.73 Å². The van der Waals surface area contributed by atoms with E-state index >= 15 is 4.39 Å². The van der Waals surface area contributed by atoms with Crippen molar-refractivity contribution in [3.8, 4) is 0 Å². The van der Waals surface area contributed by atoms with Gasteiger partial charge in [0.2, 0.25) is 0 Å². The third kappa shape index (κ3) is 1.17. The summed E-state index contributed by atoms with van der Waals surface area (Å²) < 4.78 is 15.1. The van der Waals surface area contributed by atoms with Crippen LogP contribution in [0.25, 0.3) is 0 Å². The van der Waals surface area contributed by atoms with E-state index in [1.807, 2.05) is 0 Å². The number of hydrogen-bond acceptors (Lipinski definition) is 1. The Morgan fingerprint density at radius 1 is 0.778 bits per heavy atom. The van der Waals surface area contributed by atoms with Gasteiger partial charge in [-0.3, -0.25) is 0 Å². The lowest BCUT2D eigenvalue weighted by Gasteiger charge is -2.77. The molecule has 4 aliphatic carbocycles. The minimum absolute atomic E-state index is 0.330. The predicted molar refractivity (Wildman–Crippen MR) is 70.9 cm³/mol. The third-order valence-corrected chi connectivity index (χ3v) is 7.04. The van der Waals surface area contributed by atoms with Crippen molar-refractivity contribution in [3.63, 3.8) is 0 Å². The second-order valence-corrected chi connectivity index (χ2v) is 7.50. The molecule has 0 heterocycles. The highest BCUT2D eigenvalue weighted by Gasteiger charge is 2.81. The van der Waals surface area contributed by atoms with E-state index in [1.165, 1.54) is 51.4 Å². The van der Waals surface area contributed by atoms with Gasteiger partial charge in [-0.1, -0.05) is 44.9 Å². The maximum atomic E-state index is 15.1. The van der Waals surface area contributed by atoms with E-state index in [1.54, 1.807) is 0 Å². The van der Waals surface area contributed by atoms with Gasteiger partial charge in [-0.25, -0.2) is 4.39 Å². The molecule has 0 aromatic carbocycles. The van der Waals surface area contributed by atoms with Crippen LogP contribution in [-0.2, 0) is 0 Å². The lowest BCUT2D eigenvalue weighted by Crippen LogP contribution is -2.89. The smallest absolute Gasteiger partial charge is 0.132 e. The molecule has 0 amide bonds. The van der Waals surface area contributed by atoms with Crippen LogP contribution < -0.4 is 5.73 Å². The number of rotatable bonds is 1. The van der Waals surface area contributed by atoms with Gasteiger partial charge in [0.05, 0.1) is 5.54 Å². The molecule has 4 aliphatic rings. The predicted octanol–water partition coefficient (Wildman–Crippen LogP) is 3.81. The molecule has 0 aliphatic heterocycles. The summed E-state index contributed by atoms with van der Waals surface area (Å²) >= 11 is 0. The van der Waals surface area contributed by atoms with Crippen LogP contribution in [0, 0.1) is 23.7 Å². The number of alkyl halides is 1. The van der Waals surface area contributed by atoms with Crippen molar-refractivity contribution in [1.82, 2.24) is 0 Å². The Labute approximate surface area is 110 Å². The second-order valence-electron chi connectivity index (χ2n) is 7.50. The monoisotopic (exact) mass is 251 g/mol. The largest absolute Gasteiger partial charge is 0.322 e. The summed E-state index contributed by atoms with van der Waals surface area (Å²) in [4.78, 5) is 0. The van der Waals surface area contributed by atoms with Crippen molar-refractivity contribution in [3.05, 3.63) is 0 Å². The van der Waals surface area contributed by atoms with Crippen molar-refractivity contribution in [2.24, 2.45) is 29.4 Å². The van der Waals surface area contributed by atoms with Crippen molar-refractivity contribution in [1.29, 1.82) is 0 Å². The van der Waals surface area contributed by atoms with Crippen LogP contribution in [0.3, 0.4) is 0 Å². The Kier molecular flexibility index (Phi) is 2.41. The zero-order valence-electron chi connectivity index (χ0n) is 11.3. The molecule has 4 saturated carbocycles. The number of halogens is 1. The fraction of sp³-hybridized carbons (Fsp3) is 1.00. The highest BCUT2D eigenvalue weighted by molar-refractivity contribution is 5.33. The lowest BCUT2D eigenvalue weighted by molar-refractivity contribution is -0.290. The van der Waals surface area contributed by atoms with Gasteiger partial charge < -0.3 is 5.73 Å². The first-order valence-corrected chi connectivity index (χ1v) is 8.16. The molecule has 0 saturated heterocycles. The number of hydrogen-bond donors (Lipinski definition) is 1. The van der Waals surface area contributed by atoms with Crippen LogP contribution in [0.15, 0.2) is 0 Å². The first-order chi connectivity index (χ1) is 8.68. The van der Waals surface area contributed by atoms with E-state index in [-0.39, 0.29) is 0 Å². The molecule has 4 rings (SSSR count). The van der Waals surface area contributed by atoms with Crippen molar-refractivity contribution in [2.75, 3.05) is 0 Å². The fourth-order valence-corrected chi connectivity index (χ4v) is 6.15. The molecule has 0 spiro atoms. The molecule has 5 atom stereocenters. The first-order valence-electron chi connectivity index (χ1n) is 8.16. The molecule has 102 valence electrons. The quantitative estimate of drug-likeness (QED) is 0.753.